The Morgan fingerprint density at radius 3 is 2.54 bits per heavy atom. The molecular weight excluding hydrogens is 300 g/mol. The van der Waals surface area contributed by atoms with E-state index in [0.717, 1.165) is 44.7 Å². The summed E-state index contributed by atoms with van der Waals surface area (Å²) < 4.78 is 5.53. The minimum atomic E-state index is 0.338. The highest BCUT2D eigenvalue weighted by Gasteiger charge is 2.33. The van der Waals surface area contributed by atoms with Crippen LogP contribution >= 0.6 is 0 Å². The highest BCUT2D eigenvalue weighted by atomic mass is 16.5. The van der Waals surface area contributed by atoms with Crippen LogP contribution in [0.15, 0.2) is 29.3 Å². The third-order valence-electron chi connectivity index (χ3n) is 5.07. The van der Waals surface area contributed by atoms with Crippen LogP contribution < -0.4 is 10.6 Å². The lowest BCUT2D eigenvalue weighted by Gasteiger charge is -2.35. The first-order valence-corrected chi connectivity index (χ1v) is 9.03. The van der Waals surface area contributed by atoms with Gasteiger partial charge in [-0.15, -0.1) is 0 Å². The summed E-state index contributed by atoms with van der Waals surface area (Å²) in [4.78, 5) is 6.89. The SMILES string of the molecule is CN=C(NCC(c1ccc(C)cc1)N1CCOCC1)NC1CC1C. The van der Waals surface area contributed by atoms with Crippen molar-refractivity contribution in [2.75, 3.05) is 39.9 Å². The number of guanidine groups is 1. The van der Waals surface area contributed by atoms with Crippen LogP contribution in [-0.2, 0) is 4.74 Å². The Bertz CT molecular complexity index is 551. The molecule has 5 heteroatoms. The molecule has 3 unspecified atom stereocenters. The number of hydrogen-bond acceptors (Lipinski definition) is 3. The zero-order valence-corrected chi connectivity index (χ0v) is 15.1. The van der Waals surface area contributed by atoms with Crippen molar-refractivity contribution in [3.63, 3.8) is 0 Å². The first-order valence-electron chi connectivity index (χ1n) is 9.03. The predicted molar refractivity (Wildman–Crippen MR) is 98.4 cm³/mol. The van der Waals surface area contributed by atoms with Crippen molar-refractivity contribution in [2.45, 2.75) is 32.4 Å². The van der Waals surface area contributed by atoms with Gasteiger partial charge in [-0.25, -0.2) is 0 Å². The van der Waals surface area contributed by atoms with Crippen molar-refractivity contribution in [3.05, 3.63) is 35.4 Å². The number of rotatable bonds is 5. The molecule has 2 N–H and O–H groups in total. The smallest absolute Gasteiger partial charge is 0.191 e. The first-order chi connectivity index (χ1) is 11.7. The molecular formula is C19H30N4O. The average molecular weight is 330 g/mol. The van der Waals surface area contributed by atoms with Crippen LogP contribution in [0.4, 0.5) is 0 Å². The van der Waals surface area contributed by atoms with Crippen LogP contribution in [0.1, 0.15) is 30.5 Å². The normalized spacial score (nSPS) is 26.0. The van der Waals surface area contributed by atoms with E-state index in [1.165, 1.54) is 17.5 Å². The van der Waals surface area contributed by atoms with E-state index in [4.69, 9.17) is 4.74 Å². The molecule has 1 aliphatic heterocycles. The molecule has 0 bridgehead atoms. The van der Waals surface area contributed by atoms with Gasteiger partial charge in [0, 0.05) is 32.7 Å². The predicted octanol–water partition coefficient (Wildman–Crippen LogP) is 1.94. The number of morpholine rings is 1. The summed E-state index contributed by atoms with van der Waals surface area (Å²) in [7, 11) is 1.85. The molecule has 24 heavy (non-hydrogen) atoms. The summed E-state index contributed by atoms with van der Waals surface area (Å²) in [5, 5.41) is 7.03. The van der Waals surface area contributed by atoms with E-state index >= 15 is 0 Å². The van der Waals surface area contributed by atoms with E-state index in [2.05, 4.69) is 58.6 Å². The molecule has 3 atom stereocenters. The Hall–Kier alpha value is -1.59. The quantitative estimate of drug-likeness (QED) is 0.640. The van der Waals surface area contributed by atoms with Gasteiger partial charge in [-0.2, -0.15) is 0 Å². The molecule has 0 aromatic heterocycles. The molecule has 0 amide bonds. The fraction of sp³-hybridized carbons (Fsp3) is 0.632. The van der Waals surface area contributed by atoms with Gasteiger partial charge in [0.05, 0.1) is 19.3 Å². The third kappa shape index (κ3) is 4.48. The largest absolute Gasteiger partial charge is 0.379 e. The van der Waals surface area contributed by atoms with E-state index < -0.39 is 0 Å². The van der Waals surface area contributed by atoms with Crippen molar-refractivity contribution in [1.82, 2.24) is 15.5 Å². The van der Waals surface area contributed by atoms with Crippen LogP contribution in [-0.4, -0.2) is 56.8 Å². The van der Waals surface area contributed by atoms with E-state index in [1.54, 1.807) is 0 Å². The molecule has 1 aromatic rings. The van der Waals surface area contributed by atoms with Crippen molar-refractivity contribution < 1.29 is 4.74 Å². The number of nitrogens with one attached hydrogen (secondary N) is 2. The molecule has 1 saturated carbocycles. The summed E-state index contributed by atoms with van der Waals surface area (Å²) >= 11 is 0. The van der Waals surface area contributed by atoms with E-state index in [-0.39, 0.29) is 0 Å². The lowest BCUT2D eigenvalue weighted by molar-refractivity contribution is 0.0170. The molecule has 2 fully saturated rings. The Morgan fingerprint density at radius 2 is 1.96 bits per heavy atom. The van der Waals surface area contributed by atoms with Gasteiger partial charge in [-0.05, 0) is 24.8 Å². The fourth-order valence-electron chi connectivity index (χ4n) is 3.22. The number of ether oxygens (including phenoxy) is 1. The van der Waals surface area contributed by atoms with Crippen LogP contribution in [0, 0.1) is 12.8 Å². The third-order valence-corrected chi connectivity index (χ3v) is 5.07. The summed E-state index contributed by atoms with van der Waals surface area (Å²) in [6.45, 7) is 8.84. The molecule has 0 radical (unpaired) electrons. The zero-order chi connectivity index (χ0) is 16.9. The topological polar surface area (TPSA) is 48.9 Å². The number of hydrogen-bond donors (Lipinski definition) is 2. The highest BCUT2D eigenvalue weighted by molar-refractivity contribution is 5.80. The Labute approximate surface area is 145 Å². The molecule has 0 spiro atoms. The molecule has 1 heterocycles. The number of nitrogens with zero attached hydrogens (tertiary/aromatic N) is 2. The monoisotopic (exact) mass is 330 g/mol. The Balaban J connectivity index is 1.65. The second-order valence-electron chi connectivity index (χ2n) is 6.99. The van der Waals surface area contributed by atoms with E-state index in [0.29, 0.717) is 12.1 Å². The molecule has 1 aliphatic carbocycles. The van der Waals surface area contributed by atoms with Crippen molar-refractivity contribution in [1.29, 1.82) is 0 Å². The number of aliphatic imine (C=N–C) groups is 1. The van der Waals surface area contributed by atoms with E-state index in [1.807, 2.05) is 7.05 Å². The maximum absolute atomic E-state index is 5.53. The van der Waals surface area contributed by atoms with Crippen LogP contribution in [0.3, 0.4) is 0 Å². The zero-order valence-electron chi connectivity index (χ0n) is 15.1. The molecule has 5 nitrogen and oxygen atoms in total. The Morgan fingerprint density at radius 1 is 1.29 bits per heavy atom. The highest BCUT2D eigenvalue weighted by Crippen LogP contribution is 2.28. The van der Waals surface area contributed by atoms with Gasteiger partial charge in [0.2, 0.25) is 0 Å². The summed E-state index contributed by atoms with van der Waals surface area (Å²) in [5.74, 6) is 1.67. The second kappa shape index (κ2) is 7.99. The van der Waals surface area contributed by atoms with Gasteiger partial charge in [0.25, 0.3) is 0 Å². The lowest BCUT2D eigenvalue weighted by atomic mass is 10.0. The fourth-order valence-corrected chi connectivity index (χ4v) is 3.22. The van der Waals surface area contributed by atoms with Crippen LogP contribution in [0.25, 0.3) is 0 Å². The minimum absolute atomic E-state index is 0.338. The molecule has 1 saturated heterocycles. The van der Waals surface area contributed by atoms with Gasteiger partial charge in [-0.3, -0.25) is 9.89 Å². The lowest BCUT2D eigenvalue weighted by Crippen LogP contribution is -2.46. The van der Waals surface area contributed by atoms with Gasteiger partial charge in [0.1, 0.15) is 0 Å². The van der Waals surface area contributed by atoms with Gasteiger partial charge in [-0.1, -0.05) is 36.8 Å². The van der Waals surface area contributed by atoms with Gasteiger partial charge < -0.3 is 15.4 Å². The number of benzene rings is 1. The number of aryl methyl sites for hydroxylation is 1. The second-order valence-corrected chi connectivity index (χ2v) is 6.99. The van der Waals surface area contributed by atoms with Gasteiger partial charge in [0.15, 0.2) is 5.96 Å². The molecule has 2 aliphatic rings. The summed E-state index contributed by atoms with van der Waals surface area (Å²) in [6.07, 6.45) is 1.24. The molecule has 1 aromatic carbocycles. The van der Waals surface area contributed by atoms with Crippen LogP contribution in [0.2, 0.25) is 0 Å². The summed E-state index contributed by atoms with van der Waals surface area (Å²) in [6, 6.07) is 9.80. The van der Waals surface area contributed by atoms with Crippen molar-refractivity contribution >= 4 is 5.96 Å². The minimum Gasteiger partial charge on any atom is -0.379 e. The summed E-state index contributed by atoms with van der Waals surface area (Å²) in [5.41, 5.74) is 2.65. The maximum atomic E-state index is 5.53. The average Bonchev–Trinajstić information content (AvgIpc) is 3.31. The van der Waals surface area contributed by atoms with Gasteiger partial charge >= 0.3 is 0 Å². The molecule has 132 valence electrons. The maximum Gasteiger partial charge on any atom is 0.191 e. The first kappa shape index (κ1) is 17.2. The molecule has 3 rings (SSSR count). The van der Waals surface area contributed by atoms with E-state index in [9.17, 15) is 0 Å². The van der Waals surface area contributed by atoms with Crippen molar-refractivity contribution in [2.24, 2.45) is 10.9 Å². The van der Waals surface area contributed by atoms with Crippen LogP contribution in [0.5, 0.6) is 0 Å². The Kier molecular flexibility index (Phi) is 5.74. The standard InChI is InChI=1S/C19H30N4O/c1-14-4-6-16(7-5-14)18(23-8-10-24-11-9-23)13-21-19(20-3)22-17-12-15(17)2/h4-7,15,17-18H,8-13H2,1-3H3,(H2,20,21,22). The van der Waals surface area contributed by atoms with Crippen molar-refractivity contribution in [3.8, 4) is 0 Å².